The molecule has 0 aromatic rings. The van der Waals surface area contributed by atoms with Gasteiger partial charge < -0.3 is 15.1 Å². The normalized spacial score (nSPS) is 30.0. The summed E-state index contributed by atoms with van der Waals surface area (Å²) in [5.41, 5.74) is 1.87. The average Bonchev–Trinajstić information content (AvgIpc) is 3.15. The van der Waals surface area contributed by atoms with Crippen LogP contribution in [0.2, 0.25) is 0 Å². The Hall–Kier alpha value is -0.640. The molecule has 2 fully saturated rings. The van der Waals surface area contributed by atoms with Crippen LogP contribution in [0.1, 0.15) is 91.9 Å². The Kier molecular flexibility index (Phi) is 9.91. The molecule has 2 saturated carbocycles. The summed E-state index contributed by atoms with van der Waals surface area (Å²) in [6.45, 7) is 10.2. The SMILES string of the molecule is CCCCC[C@H](O)/C=C/[C@@H]1[C@H]2C/C(=C/CCCCN(C)C(C)(C)C)C[C@H]2C[C@H]1O. The molecule has 0 radical (unpaired) electrons. The molecule has 29 heavy (non-hydrogen) atoms. The summed E-state index contributed by atoms with van der Waals surface area (Å²) in [7, 11) is 2.22. The van der Waals surface area contributed by atoms with Crippen LogP contribution < -0.4 is 0 Å². The predicted octanol–water partition coefficient (Wildman–Crippen LogP) is 5.72. The first kappa shape index (κ1) is 24.6. The Bertz CT molecular complexity index is 533. The maximum absolute atomic E-state index is 10.5. The molecule has 0 amide bonds. The Balaban J connectivity index is 1.75. The van der Waals surface area contributed by atoms with E-state index in [-0.39, 0.29) is 23.7 Å². The number of aliphatic hydroxyl groups excluding tert-OH is 2. The highest BCUT2D eigenvalue weighted by atomic mass is 16.3. The first-order chi connectivity index (χ1) is 13.7. The largest absolute Gasteiger partial charge is 0.392 e. The number of unbranched alkanes of at least 4 members (excludes halogenated alkanes) is 4. The van der Waals surface area contributed by atoms with E-state index in [0.29, 0.717) is 11.8 Å². The van der Waals surface area contributed by atoms with Gasteiger partial charge in [0, 0.05) is 11.5 Å². The summed E-state index contributed by atoms with van der Waals surface area (Å²) in [6, 6.07) is 0. The van der Waals surface area contributed by atoms with Gasteiger partial charge in [0.05, 0.1) is 12.2 Å². The highest BCUT2D eigenvalue weighted by molar-refractivity contribution is 5.18. The van der Waals surface area contributed by atoms with Crippen LogP contribution in [0.5, 0.6) is 0 Å². The van der Waals surface area contributed by atoms with Crippen LogP contribution in [0.15, 0.2) is 23.8 Å². The molecule has 0 aromatic carbocycles. The van der Waals surface area contributed by atoms with Crippen molar-refractivity contribution >= 4 is 0 Å². The number of hydrogen-bond acceptors (Lipinski definition) is 3. The number of nitrogens with zero attached hydrogens (tertiary/aromatic N) is 1. The van der Waals surface area contributed by atoms with Gasteiger partial charge in [-0.3, -0.25) is 0 Å². The van der Waals surface area contributed by atoms with Gasteiger partial charge in [-0.15, -0.1) is 0 Å². The number of allylic oxidation sites excluding steroid dienone is 2. The standard InChI is InChI=1S/C26H47NO2/c1-6-7-9-13-22(28)14-15-23-24-18-20(17-21(24)19-25(23)29)12-10-8-11-16-27(5)26(2,3)4/h12,14-15,21-25,28-29H,6-11,13,16-19H2,1-5H3/b15-14+,20-12+/t21-,22-,23+,24-,25+/m0/s1. The van der Waals surface area contributed by atoms with Crippen LogP contribution in [-0.4, -0.2) is 46.5 Å². The molecular weight excluding hydrogens is 358 g/mol. The van der Waals surface area contributed by atoms with E-state index in [1.54, 1.807) is 5.57 Å². The fourth-order valence-corrected chi connectivity index (χ4v) is 5.03. The maximum Gasteiger partial charge on any atom is 0.0721 e. The van der Waals surface area contributed by atoms with Crippen LogP contribution in [0.3, 0.4) is 0 Å². The summed E-state index contributed by atoms with van der Waals surface area (Å²) in [5, 5.41) is 20.7. The van der Waals surface area contributed by atoms with Gasteiger partial charge in [0.2, 0.25) is 0 Å². The molecule has 3 nitrogen and oxygen atoms in total. The van der Waals surface area contributed by atoms with Gasteiger partial charge in [-0.1, -0.05) is 50.0 Å². The van der Waals surface area contributed by atoms with E-state index in [1.165, 1.54) is 38.5 Å². The minimum Gasteiger partial charge on any atom is -0.392 e. The van der Waals surface area contributed by atoms with Crippen molar-refractivity contribution in [1.29, 1.82) is 0 Å². The molecule has 3 heteroatoms. The molecule has 0 aliphatic heterocycles. The van der Waals surface area contributed by atoms with E-state index in [2.05, 4.69) is 51.8 Å². The van der Waals surface area contributed by atoms with E-state index < -0.39 is 0 Å². The highest BCUT2D eigenvalue weighted by Gasteiger charge is 2.44. The number of fused-ring (bicyclic) bond motifs is 1. The van der Waals surface area contributed by atoms with Crippen molar-refractivity contribution in [2.24, 2.45) is 17.8 Å². The zero-order valence-corrected chi connectivity index (χ0v) is 19.7. The lowest BCUT2D eigenvalue weighted by atomic mass is 9.90. The van der Waals surface area contributed by atoms with Gasteiger partial charge in [-0.25, -0.2) is 0 Å². The molecular formula is C26H47NO2. The molecule has 2 N–H and O–H groups in total. The van der Waals surface area contributed by atoms with Crippen molar-refractivity contribution in [1.82, 2.24) is 4.90 Å². The Morgan fingerprint density at radius 2 is 1.90 bits per heavy atom. The van der Waals surface area contributed by atoms with Crippen molar-refractivity contribution in [2.75, 3.05) is 13.6 Å². The number of hydrogen-bond donors (Lipinski definition) is 2. The molecule has 0 aromatic heterocycles. The lowest BCUT2D eigenvalue weighted by Crippen LogP contribution is -2.38. The molecule has 0 saturated heterocycles. The molecule has 0 spiro atoms. The summed E-state index contributed by atoms with van der Waals surface area (Å²) in [5.74, 6) is 1.43. The summed E-state index contributed by atoms with van der Waals surface area (Å²) in [4.78, 5) is 2.44. The summed E-state index contributed by atoms with van der Waals surface area (Å²) in [6.07, 6.45) is 17.2. The van der Waals surface area contributed by atoms with Gasteiger partial charge >= 0.3 is 0 Å². The van der Waals surface area contributed by atoms with E-state index >= 15 is 0 Å². The van der Waals surface area contributed by atoms with Gasteiger partial charge in [0.15, 0.2) is 0 Å². The topological polar surface area (TPSA) is 43.7 Å². The third-order valence-corrected chi connectivity index (χ3v) is 7.30. The number of aliphatic hydroxyl groups is 2. The second-order valence-electron chi connectivity index (χ2n) is 10.6. The van der Waals surface area contributed by atoms with Crippen molar-refractivity contribution in [3.05, 3.63) is 23.8 Å². The third-order valence-electron chi connectivity index (χ3n) is 7.30. The smallest absolute Gasteiger partial charge is 0.0721 e. The first-order valence-electron chi connectivity index (χ1n) is 12.2. The van der Waals surface area contributed by atoms with Gasteiger partial charge in [0.1, 0.15) is 0 Å². The second kappa shape index (κ2) is 11.7. The van der Waals surface area contributed by atoms with E-state index in [4.69, 9.17) is 0 Å². The minimum absolute atomic E-state index is 0.224. The Labute approximate surface area is 180 Å². The molecule has 2 aliphatic rings. The van der Waals surface area contributed by atoms with Crippen LogP contribution in [0.4, 0.5) is 0 Å². The molecule has 0 bridgehead atoms. The van der Waals surface area contributed by atoms with Crippen molar-refractivity contribution < 1.29 is 10.2 Å². The van der Waals surface area contributed by atoms with Crippen LogP contribution in [-0.2, 0) is 0 Å². The highest BCUT2D eigenvalue weighted by Crippen LogP contribution is 2.50. The molecule has 168 valence electrons. The van der Waals surface area contributed by atoms with Gasteiger partial charge in [-0.05, 0) is 91.1 Å². The van der Waals surface area contributed by atoms with Crippen molar-refractivity contribution in [3.8, 4) is 0 Å². The lowest BCUT2D eigenvalue weighted by molar-refractivity contribution is 0.139. The zero-order chi connectivity index (χ0) is 21.4. The first-order valence-corrected chi connectivity index (χ1v) is 12.2. The van der Waals surface area contributed by atoms with Gasteiger partial charge in [0.25, 0.3) is 0 Å². The zero-order valence-electron chi connectivity index (χ0n) is 19.7. The second-order valence-corrected chi connectivity index (χ2v) is 10.6. The third kappa shape index (κ3) is 7.84. The Morgan fingerprint density at radius 3 is 2.59 bits per heavy atom. The summed E-state index contributed by atoms with van der Waals surface area (Å²) < 4.78 is 0. The predicted molar refractivity (Wildman–Crippen MR) is 124 cm³/mol. The molecule has 5 atom stereocenters. The maximum atomic E-state index is 10.5. The quantitative estimate of drug-likeness (QED) is 0.341. The van der Waals surface area contributed by atoms with Crippen LogP contribution in [0, 0.1) is 17.8 Å². The monoisotopic (exact) mass is 405 g/mol. The van der Waals surface area contributed by atoms with E-state index in [9.17, 15) is 10.2 Å². The van der Waals surface area contributed by atoms with Crippen LogP contribution in [0.25, 0.3) is 0 Å². The Morgan fingerprint density at radius 1 is 1.14 bits per heavy atom. The van der Waals surface area contributed by atoms with Crippen molar-refractivity contribution in [3.63, 3.8) is 0 Å². The molecule has 0 heterocycles. The fraction of sp³-hybridized carbons (Fsp3) is 0.846. The van der Waals surface area contributed by atoms with Crippen molar-refractivity contribution in [2.45, 2.75) is 110 Å². The van der Waals surface area contributed by atoms with E-state index in [1.807, 2.05) is 6.08 Å². The minimum atomic E-state index is -0.351. The lowest BCUT2D eigenvalue weighted by Gasteiger charge is -2.31. The fourth-order valence-electron chi connectivity index (χ4n) is 5.03. The van der Waals surface area contributed by atoms with Crippen LogP contribution >= 0.6 is 0 Å². The summed E-state index contributed by atoms with van der Waals surface area (Å²) >= 11 is 0. The van der Waals surface area contributed by atoms with E-state index in [0.717, 1.165) is 32.2 Å². The van der Waals surface area contributed by atoms with Gasteiger partial charge in [-0.2, -0.15) is 0 Å². The molecule has 2 rings (SSSR count). The molecule has 0 unspecified atom stereocenters. The molecule has 2 aliphatic carbocycles. The average molecular weight is 406 g/mol. The number of rotatable bonds is 11.